The molecule has 0 radical (unpaired) electrons. The predicted molar refractivity (Wildman–Crippen MR) is 130 cm³/mol. The number of aliphatic hydroxyl groups is 1. The number of nitrogens with zero attached hydrogens (tertiary/aromatic N) is 5. The van der Waals surface area contributed by atoms with Crippen LogP contribution in [0.2, 0.25) is 5.02 Å². The number of fused-ring (bicyclic) bond motifs is 2. The number of aromatic nitrogens is 1. The van der Waals surface area contributed by atoms with Gasteiger partial charge < -0.3 is 24.1 Å². The topological polar surface area (TPSA) is 131 Å². The third-order valence-electron chi connectivity index (χ3n) is 5.91. The Morgan fingerprint density at radius 2 is 1.95 bits per heavy atom. The number of pyridine rings is 1. The molecule has 2 aromatic rings. The Morgan fingerprint density at radius 1 is 1.22 bits per heavy atom. The van der Waals surface area contributed by atoms with Crippen LogP contribution in [0.3, 0.4) is 0 Å². The van der Waals surface area contributed by atoms with E-state index in [2.05, 4.69) is 18.7 Å². The van der Waals surface area contributed by atoms with Crippen LogP contribution in [0.25, 0.3) is 0 Å². The van der Waals surface area contributed by atoms with Crippen LogP contribution in [0.5, 0.6) is 5.88 Å². The highest BCUT2D eigenvalue weighted by Gasteiger charge is 2.49. The zero-order valence-corrected chi connectivity index (χ0v) is 21.3. The molecule has 0 unspecified atom stereocenters. The van der Waals surface area contributed by atoms with Crippen LogP contribution < -0.4 is 4.74 Å². The summed E-state index contributed by atoms with van der Waals surface area (Å²) in [4.78, 5) is 8.77. The van der Waals surface area contributed by atoms with Gasteiger partial charge in [-0.05, 0) is 15.7 Å². The van der Waals surface area contributed by atoms with E-state index in [-0.39, 0.29) is 47.9 Å². The molecule has 2 saturated heterocycles. The largest absolute Gasteiger partial charge is 0.472 e. The molecule has 4 atom stereocenters. The number of aliphatic hydroxyl groups excluding tert-OH is 1. The van der Waals surface area contributed by atoms with Crippen molar-refractivity contribution in [2.24, 2.45) is 13.7 Å². The standard InChI is InChI=1S/C23H22ClF2N5O5S/c1-37(2,28-10-27)31-11-3-14(25)12(15(26)4-11)7-35-23-13(24)5-16-17(30-23)6-20(29-16)36-19-9-34-21-18(32)8-33-22(19)21/h3-5,18-19,21-22,32H,6-9H2,1-2H3/t18-,19-,21-,22-/m1/s1. The van der Waals surface area contributed by atoms with Gasteiger partial charge in [-0.25, -0.2) is 23.1 Å². The van der Waals surface area contributed by atoms with E-state index in [0.717, 1.165) is 12.1 Å². The highest BCUT2D eigenvalue weighted by molar-refractivity contribution is 7.94. The van der Waals surface area contributed by atoms with Crippen molar-refractivity contribution >= 4 is 38.5 Å². The summed E-state index contributed by atoms with van der Waals surface area (Å²) in [6.45, 7) is -0.0114. The van der Waals surface area contributed by atoms with E-state index >= 15 is 0 Å². The molecule has 2 fully saturated rings. The maximum atomic E-state index is 14.7. The molecule has 37 heavy (non-hydrogen) atoms. The molecule has 14 heteroatoms. The Balaban J connectivity index is 1.26. The molecular formula is C23H22ClF2N5O5S. The third kappa shape index (κ3) is 5.39. The van der Waals surface area contributed by atoms with Crippen molar-refractivity contribution in [1.29, 1.82) is 5.26 Å². The van der Waals surface area contributed by atoms with Crippen molar-refractivity contribution in [2.45, 2.75) is 37.4 Å². The zero-order chi connectivity index (χ0) is 26.3. The van der Waals surface area contributed by atoms with Crippen LogP contribution in [0.15, 0.2) is 31.9 Å². The summed E-state index contributed by atoms with van der Waals surface area (Å²) in [5.41, 5.74) is 0.731. The zero-order valence-electron chi connectivity index (χ0n) is 19.7. The quantitative estimate of drug-likeness (QED) is 0.559. The SMILES string of the molecule is CS(C)(=NC#N)=Nc1cc(F)c(COc2nc3c(cc2Cl)N=C(O[C@@H]2CO[C@H]4[C@@H]2OC[C@H]4O)C3)c(F)c1. The summed E-state index contributed by atoms with van der Waals surface area (Å²) in [6, 6.07) is 3.66. The normalized spacial score (nSPS) is 24.2. The van der Waals surface area contributed by atoms with Gasteiger partial charge in [0.15, 0.2) is 12.0 Å². The fraction of sp³-hybridized carbons (Fsp3) is 0.435. The maximum absolute atomic E-state index is 14.7. The maximum Gasteiger partial charge on any atom is 0.233 e. The lowest BCUT2D eigenvalue weighted by atomic mass is 10.1. The molecule has 5 rings (SSSR count). The Morgan fingerprint density at radius 3 is 2.68 bits per heavy atom. The predicted octanol–water partition coefficient (Wildman–Crippen LogP) is 3.62. The van der Waals surface area contributed by atoms with Crippen LogP contribution in [-0.2, 0) is 36.9 Å². The van der Waals surface area contributed by atoms with E-state index < -0.39 is 46.2 Å². The molecule has 10 nitrogen and oxygen atoms in total. The summed E-state index contributed by atoms with van der Waals surface area (Å²) in [6.07, 6.45) is 3.26. The number of hydrogen-bond acceptors (Lipinski definition) is 10. The number of benzene rings is 1. The highest BCUT2D eigenvalue weighted by Crippen LogP contribution is 2.36. The number of rotatable bonds is 5. The molecule has 0 bridgehead atoms. The summed E-state index contributed by atoms with van der Waals surface area (Å²) >= 11 is 6.29. The molecule has 0 spiro atoms. The lowest BCUT2D eigenvalue weighted by Crippen LogP contribution is -2.34. The number of hydrogen-bond donors (Lipinski definition) is 1. The molecule has 3 aliphatic heterocycles. The van der Waals surface area contributed by atoms with Gasteiger partial charge in [-0.3, -0.25) is 0 Å². The minimum Gasteiger partial charge on any atom is -0.472 e. The van der Waals surface area contributed by atoms with Crippen molar-refractivity contribution in [3.63, 3.8) is 0 Å². The molecule has 0 aliphatic carbocycles. The Kier molecular flexibility index (Phi) is 7.03. The summed E-state index contributed by atoms with van der Waals surface area (Å²) in [7, 11) is -2.07. The fourth-order valence-corrected chi connectivity index (χ4v) is 5.29. The first-order chi connectivity index (χ1) is 17.6. The van der Waals surface area contributed by atoms with Gasteiger partial charge in [-0.1, -0.05) is 11.6 Å². The van der Waals surface area contributed by atoms with Gasteiger partial charge in [0.05, 0.1) is 42.3 Å². The smallest absolute Gasteiger partial charge is 0.233 e. The lowest BCUT2D eigenvalue weighted by Gasteiger charge is -2.17. The molecule has 1 aromatic carbocycles. The van der Waals surface area contributed by atoms with Gasteiger partial charge in [-0.15, -0.1) is 4.36 Å². The first-order valence-corrected chi connectivity index (χ1v) is 13.9. The lowest BCUT2D eigenvalue weighted by molar-refractivity contribution is 0.00558. The number of aliphatic imine (C=N–C) groups is 1. The molecule has 0 saturated carbocycles. The summed E-state index contributed by atoms with van der Waals surface area (Å²) in [5.74, 6) is -1.34. The van der Waals surface area contributed by atoms with Crippen molar-refractivity contribution in [1.82, 2.24) is 4.98 Å². The molecule has 1 aromatic heterocycles. The van der Waals surface area contributed by atoms with E-state index in [1.165, 1.54) is 6.07 Å². The van der Waals surface area contributed by atoms with Crippen molar-refractivity contribution in [2.75, 3.05) is 25.7 Å². The van der Waals surface area contributed by atoms with Crippen LogP contribution in [0.1, 0.15) is 11.3 Å². The number of ether oxygens (including phenoxy) is 4. The van der Waals surface area contributed by atoms with Crippen molar-refractivity contribution in [3.05, 3.63) is 46.1 Å². The van der Waals surface area contributed by atoms with Gasteiger partial charge in [0, 0.05) is 24.6 Å². The van der Waals surface area contributed by atoms with E-state index in [4.69, 9.17) is 35.8 Å². The molecule has 4 heterocycles. The summed E-state index contributed by atoms with van der Waals surface area (Å²) in [5, 5.41) is 18.7. The van der Waals surface area contributed by atoms with E-state index in [0.29, 0.717) is 17.3 Å². The van der Waals surface area contributed by atoms with E-state index in [1.807, 2.05) is 0 Å². The monoisotopic (exact) mass is 553 g/mol. The third-order valence-corrected chi connectivity index (χ3v) is 7.36. The second kappa shape index (κ2) is 10.1. The second-order valence-corrected chi connectivity index (χ2v) is 12.1. The van der Waals surface area contributed by atoms with Gasteiger partial charge >= 0.3 is 0 Å². The molecule has 0 amide bonds. The van der Waals surface area contributed by atoms with Crippen molar-refractivity contribution in [3.8, 4) is 12.1 Å². The van der Waals surface area contributed by atoms with Crippen LogP contribution in [0, 0.1) is 23.1 Å². The average molecular weight is 554 g/mol. The van der Waals surface area contributed by atoms with Gasteiger partial charge in [0.25, 0.3) is 0 Å². The van der Waals surface area contributed by atoms with Gasteiger partial charge in [0.1, 0.15) is 41.6 Å². The van der Waals surface area contributed by atoms with Crippen LogP contribution >= 0.6 is 11.6 Å². The summed E-state index contributed by atoms with van der Waals surface area (Å²) < 4.78 is 59.8. The minimum atomic E-state index is -2.07. The van der Waals surface area contributed by atoms with Gasteiger partial charge in [0.2, 0.25) is 12.1 Å². The molecule has 1 N–H and O–H groups in total. The van der Waals surface area contributed by atoms with Crippen LogP contribution in [-0.4, -0.2) is 66.1 Å². The number of halogens is 3. The van der Waals surface area contributed by atoms with Gasteiger partial charge in [-0.2, -0.15) is 5.26 Å². The second-order valence-electron chi connectivity index (χ2n) is 8.92. The molecular weight excluding hydrogens is 532 g/mol. The average Bonchev–Trinajstić information content (AvgIpc) is 3.49. The first kappa shape index (κ1) is 25.7. The highest BCUT2D eigenvalue weighted by atomic mass is 35.5. The van der Waals surface area contributed by atoms with E-state index in [9.17, 15) is 13.9 Å². The minimum absolute atomic E-state index is 0.00524. The van der Waals surface area contributed by atoms with Crippen LogP contribution in [0.4, 0.5) is 20.2 Å². The molecule has 3 aliphatic rings. The number of nitriles is 1. The first-order valence-electron chi connectivity index (χ1n) is 11.2. The van der Waals surface area contributed by atoms with E-state index in [1.54, 1.807) is 18.7 Å². The Hall–Kier alpha value is -2.89. The Bertz CT molecular complexity index is 1420. The molecule has 196 valence electrons. The fourth-order valence-electron chi connectivity index (χ4n) is 4.23. The Labute approximate surface area is 216 Å². The van der Waals surface area contributed by atoms with Crippen molar-refractivity contribution < 1.29 is 32.8 Å².